The molecule has 108 valence electrons. The van der Waals surface area contributed by atoms with Crippen molar-refractivity contribution in [1.82, 2.24) is 4.90 Å². The minimum absolute atomic E-state index is 0.0921. The van der Waals surface area contributed by atoms with E-state index in [0.717, 1.165) is 25.9 Å². The van der Waals surface area contributed by atoms with E-state index in [1.165, 1.54) is 0 Å². The van der Waals surface area contributed by atoms with Crippen LogP contribution in [0.2, 0.25) is 0 Å². The van der Waals surface area contributed by atoms with Gasteiger partial charge in [0, 0.05) is 13.1 Å². The van der Waals surface area contributed by atoms with Crippen molar-refractivity contribution in [3.8, 4) is 0 Å². The van der Waals surface area contributed by atoms with E-state index in [2.05, 4.69) is 4.90 Å². The molecule has 0 N–H and O–H groups in total. The highest BCUT2D eigenvalue weighted by Crippen LogP contribution is 2.42. The van der Waals surface area contributed by atoms with Crippen molar-refractivity contribution in [1.29, 1.82) is 0 Å². The Hall–Kier alpha value is -0.940. The largest absolute Gasteiger partial charge is 0.465 e. The smallest absolute Gasteiger partial charge is 0.319 e. The molecule has 5 nitrogen and oxygen atoms in total. The zero-order valence-corrected chi connectivity index (χ0v) is 12.0. The standard InChI is InChI=1S/C14H23NO4/c1-4-10-12(16)11(13(17)18-5-2)14(19-10)6-8-15(3)9-7-14/h10-11H,4-9H2,1-3H3. The molecule has 2 aliphatic rings. The summed E-state index contributed by atoms with van der Waals surface area (Å²) < 4.78 is 11.1. The molecule has 2 heterocycles. The number of rotatable bonds is 3. The Balaban J connectivity index is 2.24. The number of piperidine rings is 1. The van der Waals surface area contributed by atoms with Gasteiger partial charge in [-0.2, -0.15) is 0 Å². The summed E-state index contributed by atoms with van der Waals surface area (Å²) >= 11 is 0. The summed E-state index contributed by atoms with van der Waals surface area (Å²) in [5.74, 6) is -1.23. The number of esters is 1. The summed E-state index contributed by atoms with van der Waals surface area (Å²) in [6.07, 6.45) is 1.61. The van der Waals surface area contributed by atoms with Crippen LogP contribution in [-0.2, 0) is 19.1 Å². The van der Waals surface area contributed by atoms with E-state index < -0.39 is 23.6 Å². The number of Topliss-reactive ketones (excluding diaryl/α,β-unsaturated/α-hetero) is 1. The third kappa shape index (κ3) is 2.54. The molecule has 2 unspecified atom stereocenters. The second-order valence-electron chi connectivity index (χ2n) is 5.47. The first kappa shape index (κ1) is 14.5. The van der Waals surface area contributed by atoms with Crippen LogP contribution in [0, 0.1) is 5.92 Å². The molecule has 0 bridgehead atoms. The van der Waals surface area contributed by atoms with Gasteiger partial charge in [-0.05, 0) is 33.2 Å². The molecule has 2 rings (SSSR count). The van der Waals surface area contributed by atoms with Crippen molar-refractivity contribution in [2.75, 3.05) is 26.7 Å². The van der Waals surface area contributed by atoms with Gasteiger partial charge in [0.25, 0.3) is 0 Å². The van der Waals surface area contributed by atoms with Crippen molar-refractivity contribution >= 4 is 11.8 Å². The monoisotopic (exact) mass is 269 g/mol. The van der Waals surface area contributed by atoms with Crippen LogP contribution in [0.3, 0.4) is 0 Å². The molecule has 0 radical (unpaired) electrons. The summed E-state index contributed by atoms with van der Waals surface area (Å²) in [5.41, 5.74) is -0.628. The number of ether oxygens (including phenoxy) is 2. The van der Waals surface area contributed by atoms with E-state index in [9.17, 15) is 9.59 Å². The van der Waals surface area contributed by atoms with Crippen molar-refractivity contribution in [2.24, 2.45) is 5.92 Å². The lowest BCUT2D eigenvalue weighted by atomic mass is 9.78. The Bertz CT molecular complexity index is 360. The minimum atomic E-state index is -0.730. The summed E-state index contributed by atoms with van der Waals surface area (Å²) in [6, 6.07) is 0. The van der Waals surface area contributed by atoms with Gasteiger partial charge in [0.15, 0.2) is 5.78 Å². The van der Waals surface area contributed by atoms with Gasteiger partial charge < -0.3 is 14.4 Å². The van der Waals surface area contributed by atoms with Crippen molar-refractivity contribution < 1.29 is 19.1 Å². The summed E-state index contributed by atoms with van der Waals surface area (Å²) in [7, 11) is 2.04. The van der Waals surface area contributed by atoms with E-state index in [1.54, 1.807) is 6.92 Å². The molecular weight excluding hydrogens is 246 g/mol. The second kappa shape index (κ2) is 5.59. The average molecular weight is 269 g/mol. The van der Waals surface area contributed by atoms with Gasteiger partial charge in [-0.15, -0.1) is 0 Å². The topological polar surface area (TPSA) is 55.8 Å². The number of nitrogens with zero attached hydrogens (tertiary/aromatic N) is 1. The number of hydrogen-bond acceptors (Lipinski definition) is 5. The molecule has 0 aromatic heterocycles. The van der Waals surface area contributed by atoms with Gasteiger partial charge in [0.1, 0.15) is 12.0 Å². The van der Waals surface area contributed by atoms with Gasteiger partial charge in [0.05, 0.1) is 12.2 Å². The number of hydrogen-bond donors (Lipinski definition) is 0. The molecule has 1 spiro atoms. The minimum Gasteiger partial charge on any atom is -0.465 e. The van der Waals surface area contributed by atoms with Crippen molar-refractivity contribution in [3.63, 3.8) is 0 Å². The molecule has 0 saturated carbocycles. The van der Waals surface area contributed by atoms with E-state index in [0.29, 0.717) is 13.0 Å². The molecule has 2 atom stereocenters. The molecule has 2 saturated heterocycles. The maximum absolute atomic E-state index is 12.4. The fourth-order valence-electron chi connectivity index (χ4n) is 3.10. The summed E-state index contributed by atoms with van der Waals surface area (Å²) in [4.78, 5) is 26.7. The second-order valence-corrected chi connectivity index (χ2v) is 5.47. The fourth-order valence-corrected chi connectivity index (χ4v) is 3.10. The lowest BCUT2D eigenvalue weighted by Gasteiger charge is -2.39. The first-order chi connectivity index (χ1) is 9.04. The zero-order chi connectivity index (χ0) is 14.0. The third-order valence-electron chi connectivity index (χ3n) is 4.23. The van der Waals surface area contributed by atoms with Gasteiger partial charge in [0.2, 0.25) is 0 Å². The van der Waals surface area contributed by atoms with Gasteiger partial charge in [-0.3, -0.25) is 9.59 Å². The van der Waals surface area contributed by atoms with Crippen LogP contribution in [0.15, 0.2) is 0 Å². The van der Waals surface area contributed by atoms with Crippen LogP contribution >= 0.6 is 0 Å². The van der Waals surface area contributed by atoms with Crippen LogP contribution < -0.4 is 0 Å². The molecule has 0 amide bonds. The Kier molecular flexibility index (Phi) is 4.26. The summed E-state index contributed by atoms with van der Waals surface area (Å²) in [6.45, 7) is 5.67. The maximum Gasteiger partial charge on any atom is 0.319 e. The Morgan fingerprint density at radius 3 is 2.58 bits per heavy atom. The number of carbonyl (C=O) groups is 2. The molecule has 0 aliphatic carbocycles. The fraction of sp³-hybridized carbons (Fsp3) is 0.857. The molecular formula is C14H23NO4. The van der Waals surface area contributed by atoms with Crippen molar-refractivity contribution in [2.45, 2.75) is 44.8 Å². The SMILES string of the molecule is CCOC(=O)C1C(=O)C(CC)OC12CCN(C)CC2. The van der Waals surface area contributed by atoms with Crippen LogP contribution in [0.25, 0.3) is 0 Å². The Morgan fingerprint density at radius 1 is 1.42 bits per heavy atom. The highest BCUT2D eigenvalue weighted by molar-refractivity contribution is 6.04. The van der Waals surface area contributed by atoms with Gasteiger partial charge in [-0.25, -0.2) is 0 Å². The van der Waals surface area contributed by atoms with E-state index in [1.807, 2.05) is 14.0 Å². The zero-order valence-electron chi connectivity index (χ0n) is 12.0. The quantitative estimate of drug-likeness (QED) is 0.565. The average Bonchev–Trinajstić information content (AvgIpc) is 2.66. The van der Waals surface area contributed by atoms with Crippen LogP contribution in [-0.4, -0.2) is 55.1 Å². The van der Waals surface area contributed by atoms with Crippen molar-refractivity contribution in [3.05, 3.63) is 0 Å². The molecule has 2 fully saturated rings. The van der Waals surface area contributed by atoms with Gasteiger partial charge in [-0.1, -0.05) is 6.92 Å². The highest BCUT2D eigenvalue weighted by atomic mass is 16.6. The lowest BCUT2D eigenvalue weighted by Crippen LogP contribution is -2.50. The van der Waals surface area contributed by atoms with Gasteiger partial charge >= 0.3 is 5.97 Å². The first-order valence-electron chi connectivity index (χ1n) is 7.10. The molecule has 0 aromatic carbocycles. The molecule has 0 aromatic rings. The highest BCUT2D eigenvalue weighted by Gasteiger charge is 2.58. The third-order valence-corrected chi connectivity index (χ3v) is 4.23. The van der Waals surface area contributed by atoms with E-state index in [4.69, 9.17) is 9.47 Å². The van der Waals surface area contributed by atoms with Crippen LogP contribution in [0.5, 0.6) is 0 Å². The predicted molar refractivity (Wildman–Crippen MR) is 69.8 cm³/mol. The molecule has 5 heteroatoms. The van der Waals surface area contributed by atoms with E-state index in [-0.39, 0.29) is 5.78 Å². The Morgan fingerprint density at radius 2 is 2.05 bits per heavy atom. The first-order valence-corrected chi connectivity index (χ1v) is 7.10. The lowest BCUT2D eigenvalue weighted by molar-refractivity contribution is -0.159. The maximum atomic E-state index is 12.4. The van der Waals surface area contributed by atoms with Crippen LogP contribution in [0.1, 0.15) is 33.1 Å². The Labute approximate surface area is 114 Å². The number of likely N-dealkylation sites (tertiary alicyclic amines) is 1. The van der Waals surface area contributed by atoms with E-state index >= 15 is 0 Å². The number of carbonyl (C=O) groups excluding carboxylic acids is 2. The molecule has 2 aliphatic heterocycles. The predicted octanol–water partition coefficient (Wildman–Crippen LogP) is 1.01. The van der Waals surface area contributed by atoms with Crippen LogP contribution in [0.4, 0.5) is 0 Å². The molecule has 19 heavy (non-hydrogen) atoms. The summed E-state index contributed by atoms with van der Waals surface area (Å²) in [5, 5.41) is 0. The number of ketones is 1. The normalized spacial score (nSPS) is 30.8.